The number of rotatable bonds is 5. The summed E-state index contributed by atoms with van der Waals surface area (Å²) >= 11 is 11.8. The molecule has 0 saturated heterocycles. The van der Waals surface area contributed by atoms with Crippen LogP contribution in [0.3, 0.4) is 0 Å². The van der Waals surface area contributed by atoms with Gasteiger partial charge in [-0.1, -0.05) is 35.3 Å². The van der Waals surface area contributed by atoms with Gasteiger partial charge in [0.1, 0.15) is 17.5 Å². The molecule has 0 aliphatic heterocycles. The molecule has 1 aromatic heterocycles. The second kappa shape index (κ2) is 7.58. The van der Waals surface area contributed by atoms with Crippen LogP contribution in [0.25, 0.3) is 0 Å². The minimum absolute atomic E-state index is 0.0753. The van der Waals surface area contributed by atoms with Crippen molar-refractivity contribution in [2.45, 2.75) is 11.7 Å². The molecule has 0 aliphatic carbocycles. The third-order valence-corrected chi connectivity index (χ3v) is 5.29. The average molecular weight is 431 g/mol. The van der Waals surface area contributed by atoms with Crippen LogP contribution in [-0.2, 0) is 15.6 Å². The highest BCUT2D eigenvalue weighted by Gasteiger charge is 2.23. The van der Waals surface area contributed by atoms with Gasteiger partial charge in [0, 0.05) is 12.5 Å². The molecule has 0 bridgehead atoms. The van der Waals surface area contributed by atoms with E-state index < -0.39 is 27.4 Å². The molecule has 0 fully saturated rings. The topological polar surface area (TPSA) is 62.8 Å². The molecular weight excluding hydrogens is 417 g/mol. The number of nitrogens with zero attached hydrogens (tertiary/aromatic N) is 1. The van der Waals surface area contributed by atoms with Crippen LogP contribution in [-0.4, -0.2) is 24.6 Å². The van der Waals surface area contributed by atoms with Crippen LogP contribution in [0.2, 0.25) is 10.0 Å². The molecule has 4 nitrogen and oxygen atoms in total. The van der Waals surface area contributed by atoms with Crippen molar-refractivity contribution in [3.63, 3.8) is 0 Å². The molecule has 0 spiro atoms. The maximum atomic E-state index is 13.6. The molecule has 1 N–H and O–H groups in total. The predicted molar refractivity (Wildman–Crippen MR) is 101 cm³/mol. The number of imidazole rings is 1. The number of benzene rings is 2. The van der Waals surface area contributed by atoms with Gasteiger partial charge in [0.15, 0.2) is 9.84 Å². The van der Waals surface area contributed by atoms with Crippen molar-refractivity contribution < 1.29 is 17.2 Å². The summed E-state index contributed by atoms with van der Waals surface area (Å²) in [4.78, 5) is 7.29. The molecular formula is C18H14Cl2F2N2O2S. The Morgan fingerprint density at radius 1 is 1.04 bits per heavy atom. The van der Waals surface area contributed by atoms with Crippen LogP contribution < -0.4 is 0 Å². The Kier molecular flexibility index (Phi) is 5.55. The summed E-state index contributed by atoms with van der Waals surface area (Å²) in [6.45, 7) is 0. The van der Waals surface area contributed by atoms with E-state index in [9.17, 15) is 17.2 Å². The summed E-state index contributed by atoms with van der Waals surface area (Å²) in [5.74, 6) is -1.56. The summed E-state index contributed by atoms with van der Waals surface area (Å²) in [6, 6.07) is 8.38. The number of H-pyrrole nitrogens is 1. The molecule has 0 unspecified atom stereocenters. The molecule has 3 rings (SSSR count). The average Bonchev–Trinajstić information content (AvgIpc) is 3.00. The first-order chi connectivity index (χ1) is 12.6. The van der Waals surface area contributed by atoms with Crippen LogP contribution >= 0.6 is 23.2 Å². The number of nitrogens with one attached hydrogen (secondary N) is 1. The number of aromatic amines is 1. The molecule has 1 heterocycles. The monoisotopic (exact) mass is 430 g/mol. The number of hydrogen-bond acceptors (Lipinski definition) is 3. The van der Waals surface area contributed by atoms with Crippen LogP contribution in [0, 0.1) is 11.6 Å². The van der Waals surface area contributed by atoms with E-state index in [1.165, 1.54) is 42.6 Å². The number of aromatic nitrogens is 2. The third kappa shape index (κ3) is 4.66. The zero-order chi connectivity index (χ0) is 19.8. The highest BCUT2D eigenvalue weighted by atomic mass is 35.5. The van der Waals surface area contributed by atoms with E-state index in [4.69, 9.17) is 23.2 Å². The van der Waals surface area contributed by atoms with E-state index >= 15 is 0 Å². The van der Waals surface area contributed by atoms with Crippen LogP contribution in [0.15, 0.2) is 42.6 Å². The van der Waals surface area contributed by atoms with Crippen molar-refractivity contribution in [3.05, 3.63) is 86.9 Å². The van der Waals surface area contributed by atoms with Gasteiger partial charge in [0.25, 0.3) is 0 Å². The Morgan fingerprint density at radius 3 is 2.00 bits per heavy atom. The second-order valence-electron chi connectivity index (χ2n) is 6.13. The van der Waals surface area contributed by atoms with Gasteiger partial charge < -0.3 is 4.98 Å². The Morgan fingerprint density at radius 2 is 1.56 bits per heavy atom. The van der Waals surface area contributed by atoms with Crippen LogP contribution in [0.4, 0.5) is 8.78 Å². The van der Waals surface area contributed by atoms with Crippen molar-refractivity contribution in [3.8, 4) is 0 Å². The fourth-order valence-electron chi connectivity index (χ4n) is 2.76. The summed E-state index contributed by atoms with van der Waals surface area (Å²) in [5.41, 5.74) is 1.51. The molecule has 2 aromatic carbocycles. The van der Waals surface area contributed by atoms with E-state index in [0.29, 0.717) is 22.6 Å². The lowest BCUT2D eigenvalue weighted by atomic mass is 9.90. The van der Waals surface area contributed by atoms with Gasteiger partial charge in [0.05, 0.1) is 27.4 Å². The Labute approximate surface area is 165 Å². The molecule has 142 valence electrons. The highest BCUT2D eigenvalue weighted by molar-refractivity contribution is 7.89. The van der Waals surface area contributed by atoms with Crippen molar-refractivity contribution in [2.24, 2.45) is 0 Å². The molecule has 9 heteroatoms. The van der Waals surface area contributed by atoms with Gasteiger partial charge in [-0.25, -0.2) is 22.2 Å². The first-order valence-corrected chi connectivity index (χ1v) is 10.6. The van der Waals surface area contributed by atoms with Gasteiger partial charge in [-0.05, 0) is 35.4 Å². The largest absolute Gasteiger partial charge is 0.347 e. The predicted octanol–water partition coefficient (Wildman–Crippen LogP) is 4.72. The van der Waals surface area contributed by atoms with E-state index in [2.05, 4.69) is 9.97 Å². The van der Waals surface area contributed by atoms with E-state index in [-0.39, 0.29) is 15.8 Å². The smallest absolute Gasteiger partial charge is 0.153 e. The Hall–Kier alpha value is -1.96. The minimum Gasteiger partial charge on any atom is -0.347 e. The van der Waals surface area contributed by atoms with Crippen molar-refractivity contribution in [2.75, 3.05) is 6.26 Å². The quantitative estimate of drug-likeness (QED) is 0.636. The Balaban J connectivity index is 2.12. The number of hydrogen-bond donors (Lipinski definition) is 1. The summed E-state index contributed by atoms with van der Waals surface area (Å²) in [5, 5.41) is -0.151. The fraction of sp³-hybridized carbons (Fsp3) is 0.167. The summed E-state index contributed by atoms with van der Waals surface area (Å²) < 4.78 is 50.2. The Bertz CT molecular complexity index is 1050. The van der Waals surface area contributed by atoms with E-state index in [1.54, 1.807) is 0 Å². The zero-order valence-corrected chi connectivity index (χ0v) is 16.3. The van der Waals surface area contributed by atoms with Crippen molar-refractivity contribution in [1.82, 2.24) is 9.97 Å². The standard InChI is InChI=1S/C18H14Cl2F2N2O2S/c1-27(25,26)9-12-8-23-18(24-12)17(10-2-4-15(21)13(19)6-10)11-3-5-16(22)14(20)7-11/h2-8,17H,9H2,1H3,(H,23,24). The van der Waals surface area contributed by atoms with E-state index in [0.717, 1.165) is 6.26 Å². The number of halogens is 4. The maximum Gasteiger partial charge on any atom is 0.153 e. The molecule has 27 heavy (non-hydrogen) atoms. The SMILES string of the molecule is CS(=O)(=O)Cc1c[nH]c(C(c2ccc(F)c(Cl)c2)c2ccc(F)c(Cl)c2)n1. The summed E-state index contributed by atoms with van der Waals surface area (Å²) in [7, 11) is -3.27. The zero-order valence-electron chi connectivity index (χ0n) is 14.0. The lowest BCUT2D eigenvalue weighted by Gasteiger charge is -2.17. The van der Waals surface area contributed by atoms with Crippen molar-refractivity contribution >= 4 is 33.0 Å². The first kappa shape index (κ1) is 19.8. The van der Waals surface area contributed by atoms with Gasteiger partial charge in [-0.15, -0.1) is 0 Å². The van der Waals surface area contributed by atoms with Gasteiger partial charge in [0.2, 0.25) is 0 Å². The number of sulfone groups is 1. The molecule has 0 amide bonds. The summed E-state index contributed by atoms with van der Waals surface area (Å²) in [6.07, 6.45) is 2.60. The van der Waals surface area contributed by atoms with E-state index in [1.807, 2.05) is 0 Å². The lowest BCUT2D eigenvalue weighted by molar-refractivity contribution is 0.600. The highest BCUT2D eigenvalue weighted by Crippen LogP contribution is 2.34. The second-order valence-corrected chi connectivity index (χ2v) is 9.08. The van der Waals surface area contributed by atoms with Crippen LogP contribution in [0.5, 0.6) is 0 Å². The lowest BCUT2D eigenvalue weighted by Crippen LogP contribution is -2.07. The fourth-order valence-corrected chi connectivity index (χ4v) is 3.82. The maximum absolute atomic E-state index is 13.6. The van der Waals surface area contributed by atoms with Crippen LogP contribution in [0.1, 0.15) is 28.6 Å². The van der Waals surface area contributed by atoms with Gasteiger partial charge >= 0.3 is 0 Å². The molecule has 3 aromatic rings. The molecule has 0 aliphatic rings. The van der Waals surface area contributed by atoms with Gasteiger partial charge in [-0.2, -0.15) is 0 Å². The molecule has 0 atom stereocenters. The first-order valence-electron chi connectivity index (χ1n) is 7.76. The van der Waals surface area contributed by atoms with Gasteiger partial charge in [-0.3, -0.25) is 0 Å². The molecule has 0 radical (unpaired) electrons. The van der Waals surface area contributed by atoms with Crippen molar-refractivity contribution in [1.29, 1.82) is 0 Å². The minimum atomic E-state index is -3.27. The molecule has 0 saturated carbocycles. The third-order valence-electron chi connectivity index (χ3n) is 3.89. The normalized spacial score (nSPS) is 11.9.